The molecule has 0 aliphatic carbocycles. The Balaban J connectivity index is 1.33. The molecule has 2 aromatic heterocycles. The Labute approximate surface area is 197 Å². The molecule has 0 atom stereocenters. The van der Waals surface area contributed by atoms with Crippen LogP contribution in [-0.4, -0.2) is 57.6 Å². The van der Waals surface area contributed by atoms with Gasteiger partial charge in [-0.1, -0.05) is 17.7 Å². The lowest BCUT2D eigenvalue weighted by molar-refractivity contribution is -0.137. The smallest absolute Gasteiger partial charge is 0.274 e. The molecule has 33 heavy (non-hydrogen) atoms. The standard InChI is InChI=1S/C25H27ClN4O3/c26-19-6-4-7-20(16-19)30-22(23-8-5-15-33-23)17-21(27-30)25(32)29-13-9-18(10-14-29)24(31)28-11-2-1-3-12-28/h4-8,15-18H,1-3,9-14H2. The van der Waals surface area contributed by atoms with Crippen molar-refractivity contribution >= 4 is 23.4 Å². The van der Waals surface area contributed by atoms with Gasteiger partial charge in [-0.25, -0.2) is 4.68 Å². The van der Waals surface area contributed by atoms with Crippen LogP contribution in [0.4, 0.5) is 0 Å². The highest BCUT2D eigenvalue weighted by Gasteiger charge is 2.32. The number of likely N-dealkylation sites (tertiary alicyclic amines) is 2. The van der Waals surface area contributed by atoms with Crippen molar-refractivity contribution in [3.8, 4) is 17.1 Å². The molecule has 2 aliphatic heterocycles. The average Bonchev–Trinajstić information content (AvgIpc) is 3.54. The number of benzene rings is 1. The van der Waals surface area contributed by atoms with Gasteiger partial charge in [0.05, 0.1) is 12.0 Å². The molecule has 0 bridgehead atoms. The molecule has 2 amide bonds. The third-order valence-corrected chi connectivity index (χ3v) is 6.79. The Hall–Kier alpha value is -3.06. The first-order valence-electron chi connectivity index (χ1n) is 11.6. The van der Waals surface area contributed by atoms with Gasteiger partial charge in [-0.05, 0) is 62.4 Å². The van der Waals surface area contributed by atoms with Crippen LogP contribution in [0, 0.1) is 5.92 Å². The molecule has 0 unspecified atom stereocenters. The van der Waals surface area contributed by atoms with Crippen molar-refractivity contribution in [2.24, 2.45) is 5.92 Å². The van der Waals surface area contributed by atoms with E-state index >= 15 is 0 Å². The molecule has 3 aromatic rings. The molecule has 5 rings (SSSR count). The maximum Gasteiger partial charge on any atom is 0.274 e. The number of carbonyl (C=O) groups excluding carboxylic acids is 2. The van der Waals surface area contributed by atoms with Crippen LogP contribution in [0.2, 0.25) is 5.02 Å². The Morgan fingerprint density at radius 1 is 0.939 bits per heavy atom. The number of carbonyl (C=O) groups is 2. The normalized spacial score (nSPS) is 17.4. The van der Waals surface area contributed by atoms with Gasteiger partial charge >= 0.3 is 0 Å². The van der Waals surface area contributed by atoms with Gasteiger partial charge in [-0.3, -0.25) is 9.59 Å². The Morgan fingerprint density at radius 2 is 1.73 bits per heavy atom. The molecule has 0 spiro atoms. The van der Waals surface area contributed by atoms with Gasteiger partial charge in [-0.15, -0.1) is 0 Å². The van der Waals surface area contributed by atoms with Crippen molar-refractivity contribution in [1.29, 1.82) is 0 Å². The number of rotatable bonds is 4. The summed E-state index contributed by atoms with van der Waals surface area (Å²) < 4.78 is 7.27. The van der Waals surface area contributed by atoms with E-state index in [2.05, 4.69) is 5.10 Å². The van der Waals surface area contributed by atoms with Crippen molar-refractivity contribution < 1.29 is 14.0 Å². The van der Waals surface area contributed by atoms with E-state index in [0.29, 0.717) is 48.1 Å². The maximum absolute atomic E-state index is 13.3. The van der Waals surface area contributed by atoms with Crippen LogP contribution in [0.5, 0.6) is 0 Å². The molecule has 7 nitrogen and oxygen atoms in total. The minimum atomic E-state index is -0.132. The van der Waals surface area contributed by atoms with Gasteiger partial charge in [-0.2, -0.15) is 5.10 Å². The van der Waals surface area contributed by atoms with Gasteiger partial charge in [0.15, 0.2) is 11.5 Å². The number of piperidine rings is 2. The first kappa shape index (κ1) is 21.8. The summed E-state index contributed by atoms with van der Waals surface area (Å²) in [5.74, 6) is 0.752. The minimum absolute atomic E-state index is 0.00912. The first-order chi connectivity index (χ1) is 16.1. The van der Waals surface area contributed by atoms with Crippen LogP contribution in [0.15, 0.2) is 53.1 Å². The van der Waals surface area contributed by atoms with Crippen LogP contribution < -0.4 is 0 Å². The van der Waals surface area contributed by atoms with E-state index < -0.39 is 0 Å². The predicted octanol–water partition coefficient (Wildman–Crippen LogP) is 4.65. The summed E-state index contributed by atoms with van der Waals surface area (Å²) in [4.78, 5) is 30.0. The van der Waals surface area contributed by atoms with Crippen molar-refractivity contribution in [1.82, 2.24) is 19.6 Å². The highest BCUT2D eigenvalue weighted by molar-refractivity contribution is 6.30. The van der Waals surface area contributed by atoms with E-state index in [4.69, 9.17) is 16.0 Å². The Morgan fingerprint density at radius 3 is 2.42 bits per heavy atom. The van der Waals surface area contributed by atoms with E-state index in [1.54, 1.807) is 40.1 Å². The van der Waals surface area contributed by atoms with Crippen LogP contribution in [0.3, 0.4) is 0 Å². The highest BCUT2D eigenvalue weighted by Crippen LogP contribution is 2.28. The van der Waals surface area contributed by atoms with Gasteiger partial charge in [0, 0.05) is 43.2 Å². The summed E-state index contributed by atoms with van der Waals surface area (Å²) in [7, 11) is 0. The summed E-state index contributed by atoms with van der Waals surface area (Å²) in [6, 6.07) is 12.7. The topological polar surface area (TPSA) is 71.6 Å². The zero-order valence-electron chi connectivity index (χ0n) is 18.5. The van der Waals surface area contributed by atoms with E-state index in [1.165, 1.54) is 6.42 Å². The molecule has 1 aromatic carbocycles. The summed E-state index contributed by atoms with van der Waals surface area (Å²) in [5.41, 5.74) is 1.78. The quantitative estimate of drug-likeness (QED) is 0.561. The van der Waals surface area contributed by atoms with Gasteiger partial charge in [0.1, 0.15) is 5.69 Å². The molecular weight excluding hydrogens is 440 g/mol. The largest absolute Gasteiger partial charge is 0.463 e. The third-order valence-electron chi connectivity index (χ3n) is 6.55. The monoisotopic (exact) mass is 466 g/mol. The van der Waals surface area contributed by atoms with Gasteiger partial charge in [0.2, 0.25) is 5.91 Å². The molecule has 4 heterocycles. The van der Waals surface area contributed by atoms with Crippen molar-refractivity contribution in [2.75, 3.05) is 26.2 Å². The van der Waals surface area contributed by atoms with Crippen molar-refractivity contribution in [2.45, 2.75) is 32.1 Å². The molecule has 0 saturated carbocycles. The number of nitrogens with zero attached hydrogens (tertiary/aromatic N) is 4. The minimum Gasteiger partial charge on any atom is -0.463 e. The Kier molecular flexibility index (Phi) is 6.22. The fourth-order valence-corrected chi connectivity index (χ4v) is 4.94. The average molecular weight is 467 g/mol. The van der Waals surface area contributed by atoms with E-state index in [-0.39, 0.29) is 17.7 Å². The molecule has 2 fully saturated rings. The third kappa shape index (κ3) is 4.55. The summed E-state index contributed by atoms with van der Waals surface area (Å²) in [6.07, 6.45) is 6.38. The maximum atomic E-state index is 13.3. The van der Waals surface area contributed by atoms with Crippen molar-refractivity contribution in [3.63, 3.8) is 0 Å². The summed E-state index contributed by atoms with van der Waals surface area (Å²) in [6.45, 7) is 2.86. The van der Waals surface area contributed by atoms with Crippen LogP contribution in [-0.2, 0) is 4.79 Å². The molecule has 8 heteroatoms. The number of amides is 2. The second-order valence-electron chi connectivity index (χ2n) is 8.74. The van der Waals surface area contributed by atoms with Crippen LogP contribution in [0.25, 0.3) is 17.1 Å². The fourth-order valence-electron chi connectivity index (χ4n) is 4.75. The number of halogens is 1. The van der Waals surface area contributed by atoms with Crippen molar-refractivity contribution in [3.05, 3.63) is 59.4 Å². The molecule has 2 saturated heterocycles. The summed E-state index contributed by atoms with van der Waals surface area (Å²) in [5, 5.41) is 5.20. The number of hydrogen-bond acceptors (Lipinski definition) is 4. The zero-order valence-corrected chi connectivity index (χ0v) is 19.2. The van der Waals surface area contributed by atoms with E-state index in [1.807, 2.05) is 23.1 Å². The molecular formula is C25H27ClN4O3. The number of aromatic nitrogens is 2. The van der Waals surface area contributed by atoms with E-state index in [0.717, 1.165) is 31.6 Å². The lowest BCUT2D eigenvalue weighted by Crippen LogP contribution is -2.45. The second-order valence-corrected chi connectivity index (χ2v) is 9.17. The SMILES string of the molecule is O=C(c1cc(-c2ccco2)n(-c2cccc(Cl)c2)n1)N1CCC(C(=O)N2CCCCC2)CC1. The number of furan rings is 1. The molecule has 2 aliphatic rings. The predicted molar refractivity (Wildman–Crippen MR) is 125 cm³/mol. The molecule has 0 radical (unpaired) electrons. The van der Waals surface area contributed by atoms with Crippen LogP contribution >= 0.6 is 11.6 Å². The lowest BCUT2D eigenvalue weighted by atomic mass is 9.94. The Bertz CT molecular complexity index is 1130. The first-order valence-corrected chi connectivity index (χ1v) is 12.0. The highest BCUT2D eigenvalue weighted by atomic mass is 35.5. The number of hydrogen-bond donors (Lipinski definition) is 0. The van der Waals surface area contributed by atoms with E-state index in [9.17, 15) is 9.59 Å². The van der Waals surface area contributed by atoms with Crippen LogP contribution in [0.1, 0.15) is 42.6 Å². The lowest BCUT2D eigenvalue weighted by Gasteiger charge is -2.35. The van der Waals surface area contributed by atoms with Gasteiger partial charge < -0.3 is 14.2 Å². The summed E-state index contributed by atoms with van der Waals surface area (Å²) >= 11 is 6.19. The second kappa shape index (κ2) is 9.43. The molecule has 0 N–H and O–H groups in total. The van der Waals surface area contributed by atoms with Gasteiger partial charge in [0.25, 0.3) is 5.91 Å². The zero-order chi connectivity index (χ0) is 22.8. The molecule has 172 valence electrons. The fraction of sp³-hybridized carbons (Fsp3) is 0.400.